The summed E-state index contributed by atoms with van der Waals surface area (Å²) in [6, 6.07) is 3.00. The minimum atomic E-state index is -0.437. The van der Waals surface area contributed by atoms with E-state index in [4.69, 9.17) is 23.2 Å². The normalized spacial score (nSPS) is 14.9. The zero-order valence-electron chi connectivity index (χ0n) is 12.7. The quantitative estimate of drug-likeness (QED) is 0.783. The fraction of sp³-hybridized carbons (Fsp3) is 0.600. The summed E-state index contributed by atoms with van der Waals surface area (Å²) in [5.41, 5.74) is 0.623. The Morgan fingerprint density at radius 1 is 1.20 bits per heavy atom. The molecule has 0 saturated carbocycles. The lowest BCUT2D eigenvalue weighted by Gasteiger charge is -2.30. The third kappa shape index (κ3) is 4.59. The molecule has 0 aromatic heterocycles. The minimum Gasteiger partial charge on any atom is -0.308 e. The third-order valence-electron chi connectivity index (χ3n) is 3.34. The molecular formula is C15H23Cl2FN2. The fourth-order valence-electron chi connectivity index (χ4n) is 2.19. The van der Waals surface area contributed by atoms with Gasteiger partial charge in [0.2, 0.25) is 0 Å². The summed E-state index contributed by atoms with van der Waals surface area (Å²) in [4.78, 5) is 2.12. The largest absolute Gasteiger partial charge is 0.308 e. The van der Waals surface area contributed by atoms with Gasteiger partial charge in [-0.1, -0.05) is 37.0 Å². The molecule has 1 rings (SSSR count). The molecule has 2 unspecified atom stereocenters. The average molecular weight is 321 g/mol. The maximum Gasteiger partial charge on any atom is 0.142 e. The van der Waals surface area contributed by atoms with E-state index in [0.717, 1.165) is 6.54 Å². The Labute approximate surface area is 131 Å². The second-order valence-electron chi connectivity index (χ2n) is 5.76. The van der Waals surface area contributed by atoms with Crippen LogP contribution in [0.3, 0.4) is 0 Å². The van der Waals surface area contributed by atoms with Gasteiger partial charge in [-0.05, 0) is 39.1 Å². The van der Waals surface area contributed by atoms with Crippen LogP contribution in [0.4, 0.5) is 4.39 Å². The monoisotopic (exact) mass is 320 g/mol. The van der Waals surface area contributed by atoms with E-state index in [1.165, 1.54) is 6.07 Å². The minimum absolute atomic E-state index is 0.102. The van der Waals surface area contributed by atoms with Crippen LogP contribution in [-0.2, 0) is 0 Å². The van der Waals surface area contributed by atoms with Crippen LogP contribution in [0.1, 0.15) is 32.4 Å². The number of nitrogens with zero attached hydrogens (tertiary/aromatic N) is 1. The van der Waals surface area contributed by atoms with Crippen LogP contribution in [0.5, 0.6) is 0 Å². The molecule has 2 atom stereocenters. The Balaban J connectivity index is 2.94. The summed E-state index contributed by atoms with van der Waals surface area (Å²) < 4.78 is 13.6. The van der Waals surface area contributed by atoms with Gasteiger partial charge < -0.3 is 10.2 Å². The Morgan fingerprint density at radius 3 is 2.30 bits per heavy atom. The molecule has 114 valence electrons. The van der Waals surface area contributed by atoms with Gasteiger partial charge in [0.15, 0.2) is 0 Å². The molecular weight excluding hydrogens is 298 g/mol. The predicted molar refractivity (Wildman–Crippen MR) is 85.2 cm³/mol. The number of hydrogen-bond donors (Lipinski definition) is 1. The second-order valence-corrected chi connectivity index (χ2v) is 6.54. The molecule has 0 amide bonds. The number of likely N-dealkylation sites (N-methyl/N-ethyl adjacent to an activating group) is 1. The SMILES string of the molecule is CC(NC(CN(C)C)C(C)C)c1c(Cl)ccc(F)c1Cl. The van der Waals surface area contributed by atoms with E-state index in [1.807, 2.05) is 21.0 Å². The first-order valence-corrected chi connectivity index (χ1v) is 7.53. The molecule has 2 nitrogen and oxygen atoms in total. The maximum atomic E-state index is 13.6. The Morgan fingerprint density at radius 2 is 1.80 bits per heavy atom. The molecule has 0 aliphatic carbocycles. The van der Waals surface area contributed by atoms with Crippen LogP contribution < -0.4 is 5.32 Å². The van der Waals surface area contributed by atoms with Crippen molar-refractivity contribution in [2.45, 2.75) is 32.9 Å². The van der Waals surface area contributed by atoms with Crippen LogP contribution in [0.2, 0.25) is 10.0 Å². The second kappa shape index (κ2) is 7.60. The smallest absolute Gasteiger partial charge is 0.142 e. The lowest BCUT2D eigenvalue weighted by molar-refractivity contribution is 0.273. The molecule has 5 heteroatoms. The first-order valence-electron chi connectivity index (χ1n) is 6.78. The van der Waals surface area contributed by atoms with E-state index in [2.05, 4.69) is 24.1 Å². The van der Waals surface area contributed by atoms with E-state index in [0.29, 0.717) is 16.5 Å². The van der Waals surface area contributed by atoms with E-state index in [-0.39, 0.29) is 17.1 Å². The molecule has 1 aromatic carbocycles. The van der Waals surface area contributed by atoms with Crippen LogP contribution in [0.15, 0.2) is 12.1 Å². The van der Waals surface area contributed by atoms with Crippen molar-refractivity contribution >= 4 is 23.2 Å². The highest BCUT2D eigenvalue weighted by Gasteiger charge is 2.22. The van der Waals surface area contributed by atoms with Crippen molar-refractivity contribution in [2.75, 3.05) is 20.6 Å². The van der Waals surface area contributed by atoms with Gasteiger partial charge in [0.05, 0.1) is 5.02 Å². The summed E-state index contributed by atoms with van der Waals surface area (Å²) in [5, 5.41) is 4.09. The van der Waals surface area contributed by atoms with Crippen molar-refractivity contribution < 1.29 is 4.39 Å². The van der Waals surface area contributed by atoms with Crippen molar-refractivity contribution in [3.63, 3.8) is 0 Å². The molecule has 0 radical (unpaired) electrons. The number of halogens is 3. The summed E-state index contributed by atoms with van der Waals surface area (Å²) in [5.74, 6) is 0.0133. The number of hydrogen-bond acceptors (Lipinski definition) is 2. The highest BCUT2D eigenvalue weighted by atomic mass is 35.5. The van der Waals surface area contributed by atoms with Gasteiger partial charge >= 0.3 is 0 Å². The van der Waals surface area contributed by atoms with Crippen molar-refractivity contribution in [1.82, 2.24) is 10.2 Å². The highest BCUT2D eigenvalue weighted by Crippen LogP contribution is 2.32. The van der Waals surface area contributed by atoms with Crippen molar-refractivity contribution in [3.05, 3.63) is 33.6 Å². The first kappa shape index (κ1) is 17.7. The summed E-state index contributed by atoms with van der Waals surface area (Å²) in [6.07, 6.45) is 0. The zero-order chi connectivity index (χ0) is 15.4. The molecule has 1 aromatic rings. The molecule has 20 heavy (non-hydrogen) atoms. The van der Waals surface area contributed by atoms with Gasteiger partial charge in [-0.25, -0.2) is 4.39 Å². The summed E-state index contributed by atoms with van der Waals surface area (Å²) in [6.45, 7) is 7.16. The number of benzene rings is 1. The lowest BCUT2D eigenvalue weighted by Crippen LogP contribution is -2.43. The lowest BCUT2D eigenvalue weighted by atomic mass is 10.0. The van der Waals surface area contributed by atoms with Gasteiger partial charge in [0, 0.05) is 29.2 Å². The predicted octanol–water partition coefficient (Wildman–Crippen LogP) is 4.37. The molecule has 0 heterocycles. The third-order valence-corrected chi connectivity index (χ3v) is 4.06. The highest BCUT2D eigenvalue weighted by molar-refractivity contribution is 6.36. The Bertz CT molecular complexity index is 450. The zero-order valence-corrected chi connectivity index (χ0v) is 14.2. The average Bonchev–Trinajstić information content (AvgIpc) is 2.33. The summed E-state index contributed by atoms with van der Waals surface area (Å²) in [7, 11) is 4.06. The first-order chi connectivity index (χ1) is 9.23. The van der Waals surface area contributed by atoms with Crippen molar-refractivity contribution in [2.24, 2.45) is 5.92 Å². The topological polar surface area (TPSA) is 15.3 Å². The standard InChI is InChI=1S/C15H23Cl2FN2/c1-9(2)13(8-20(4)5)19-10(3)14-11(16)6-7-12(18)15(14)17/h6-7,9-10,13,19H,8H2,1-5H3. The van der Waals surface area contributed by atoms with Gasteiger partial charge in [0.1, 0.15) is 5.82 Å². The van der Waals surface area contributed by atoms with Crippen LogP contribution >= 0.6 is 23.2 Å². The molecule has 0 aliphatic rings. The van der Waals surface area contributed by atoms with Crippen LogP contribution in [-0.4, -0.2) is 31.6 Å². The van der Waals surface area contributed by atoms with Crippen molar-refractivity contribution in [3.8, 4) is 0 Å². The molecule has 0 spiro atoms. The molecule has 1 N–H and O–H groups in total. The maximum absolute atomic E-state index is 13.6. The molecule has 0 bridgehead atoms. The van der Waals surface area contributed by atoms with E-state index >= 15 is 0 Å². The number of rotatable bonds is 6. The van der Waals surface area contributed by atoms with Crippen LogP contribution in [0.25, 0.3) is 0 Å². The molecule has 0 fully saturated rings. The van der Waals surface area contributed by atoms with Gasteiger partial charge in [-0.15, -0.1) is 0 Å². The van der Waals surface area contributed by atoms with E-state index < -0.39 is 5.82 Å². The molecule has 0 saturated heterocycles. The van der Waals surface area contributed by atoms with Crippen molar-refractivity contribution in [1.29, 1.82) is 0 Å². The van der Waals surface area contributed by atoms with E-state index in [9.17, 15) is 4.39 Å². The van der Waals surface area contributed by atoms with Gasteiger partial charge in [-0.3, -0.25) is 0 Å². The van der Waals surface area contributed by atoms with E-state index in [1.54, 1.807) is 6.07 Å². The summed E-state index contributed by atoms with van der Waals surface area (Å²) >= 11 is 12.2. The Hall–Kier alpha value is -0.350. The van der Waals surface area contributed by atoms with Crippen LogP contribution in [0, 0.1) is 11.7 Å². The van der Waals surface area contributed by atoms with Gasteiger partial charge in [-0.2, -0.15) is 0 Å². The number of nitrogens with one attached hydrogen (secondary N) is 1. The Kier molecular flexibility index (Phi) is 6.73. The van der Waals surface area contributed by atoms with Gasteiger partial charge in [0.25, 0.3) is 0 Å². The fourth-order valence-corrected chi connectivity index (χ4v) is 2.89. The molecule has 0 aliphatic heterocycles.